The fourth-order valence-electron chi connectivity index (χ4n) is 3.19. The Labute approximate surface area is 122 Å². The van der Waals surface area contributed by atoms with E-state index >= 15 is 0 Å². The molecule has 2 fully saturated rings. The standard InChI is InChI=1S/C13H27N3O3S/c1-14-4-3-5-15(7-6-14)8-12-9-16(20(2,18)19)10-13(12)11-17/h12-13,17H,3-11H2,1-2H3. The smallest absolute Gasteiger partial charge is 0.211 e. The maximum absolute atomic E-state index is 11.7. The van der Waals surface area contributed by atoms with Crippen molar-refractivity contribution in [3.8, 4) is 0 Å². The van der Waals surface area contributed by atoms with Crippen LogP contribution in [0.15, 0.2) is 0 Å². The normalized spacial score (nSPS) is 31.6. The molecule has 0 saturated carbocycles. The molecular formula is C13H27N3O3S. The highest BCUT2D eigenvalue weighted by Crippen LogP contribution is 2.26. The molecule has 0 bridgehead atoms. The van der Waals surface area contributed by atoms with Gasteiger partial charge < -0.3 is 14.9 Å². The van der Waals surface area contributed by atoms with Crippen LogP contribution in [-0.4, -0.2) is 93.4 Å². The van der Waals surface area contributed by atoms with Crippen LogP contribution < -0.4 is 0 Å². The van der Waals surface area contributed by atoms with Crippen molar-refractivity contribution in [2.75, 3.05) is 65.7 Å². The summed E-state index contributed by atoms with van der Waals surface area (Å²) in [6.45, 7) is 6.27. The van der Waals surface area contributed by atoms with Crippen molar-refractivity contribution in [1.82, 2.24) is 14.1 Å². The molecule has 0 aromatic carbocycles. The maximum Gasteiger partial charge on any atom is 0.211 e. The van der Waals surface area contributed by atoms with E-state index in [0.29, 0.717) is 13.1 Å². The van der Waals surface area contributed by atoms with Gasteiger partial charge >= 0.3 is 0 Å². The summed E-state index contributed by atoms with van der Waals surface area (Å²) in [6, 6.07) is 0. The van der Waals surface area contributed by atoms with E-state index in [-0.39, 0.29) is 18.4 Å². The van der Waals surface area contributed by atoms with E-state index in [4.69, 9.17) is 0 Å². The van der Waals surface area contributed by atoms with Crippen LogP contribution in [-0.2, 0) is 10.0 Å². The Balaban J connectivity index is 1.94. The first kappa shape index (κ1) is 16.2. The van der Waals surface area contributed by atoms with Gasteiger partial charge in [0.25, 0.3) is 0 Å². The molecule has 2 aliphatic rings. The molecule has 0 aliphatic carbocycles. The van der Waals surface area contributed by atoms with Crippen molar-refractivity contribution in [3.05, 3.63) is 0 Å². The van der Waals surface area contributed by atoms with Gasteiger partial charge in [0, 0.05) is 45.2 Å². The molecule has 118 valence electrons. The van der Waals surface area contributed by atoms with Crippen molar-refractivity contribution >= 4 is 10.0 Å². The number of likely N-dealkylation sites (N-methyl/N-ethyl adjacent to an activating group) is 1. The van der Waals surface area contributed by atoms with Crippen LogP contribution in [0, 0.1) is 11.8 Å². The molecule has 2 saturated heterocycles. The molecular weight excluding hydrogens is 278 g/mol. The second-order valence-corrected chi connectivity index (χ2v) is 8.22. The van der Waals surface area contributed by atoms with Crippen LogP contribution in [0.2, 0.25) is 0 Å². The minimum Gasteiger partial charge on any atom is -0.396 e. The Kier molecular flexibility index (Phi) is 5.42. The van der Waals surface area contributed by atoms with Gasteiger partial charge in [-0.3, -0.25) is 0 Å². The van der Waals surface area contributed by atoms with Gasteiger partial charge in [-0.05, 0) is 32.5 Å². The molecule has 0 spiro atoms. The molecule has 1 N–H and O–H groups in total. The summed E-state index contributed by atoms with van der Waals surface area (Å²) in [5.41, 5.74) is 0. The topological polar surface area (TPSA) is 64.1 Å². The highest BCUT2D eigenvalue weighted by atomic mass is 32.2. The minimum atomic E-state index is -3.14. The number of hydrogen-bond acceptors (Lipinski definition) is 5. The van der Waals surface area contributed by atoms with E-state index in [1.807, 2.05) is 0 Å². The number of nitrogens with zero attached hydrogens (tertiary/aromatic N) is 3. The van der Waals surface area contributed by atoms with Crippen LogP contribution in [0.4, 0.5) is 0 Å². The molecule has 0 aromatic rings. The molecule has 2 atom stereocenters. The molecule has 0 amide bonds. The van der Waals surface area contributed by atoms with Gasteiger partial charge in [0.1, 0.15) is 0 Å². The van der Waals surface area contributed by atoms with Crippen molar-refractivity contribution < 1.29 is 13.5 Å². The van der Waals surface area contributed by atoms with Gasteiger partial charge in [-0.15, -0.1) is 0 Å². The number of aliphatic hydroxyl groups excluding tert-OH is 1. The zero-order valence-corrected chi connectivity index (χ0v) is 13.3. The molecule has 2 heterocycles. The van der Waals surface area contributed by atoms with E-state index in [9.17, 15) is 13.5 Å². The average molecular weight is 305 g/mol. The minimum absolute atomic E-state index is 0.0738. The third-order valence-corrected chi connectivity index (χ3v) is 5.79. The van der Waals surface area contributed by atoms with Crippen LogP contribution >= 0.6 is 0 Å². The van der Waals surface area contributed by atoms with Gasteiger partial charge in [-0.1, -0.05) is 0 Å². The summed E-state index contributed by atoms with van der Waals surface area (Å²) in [7, 11) is -1.000. The summed E-state index contributed by atoms with van der Waals surface area (Å²) >= 11 is 0. The van der Waals surface area contributed by atoms with E-state index in [2.05, 4.69) is 16.8 Å². The number of rotatable bonds is 4. The lowest BCUT2D eigenvalue weighted by Crippen LogP contribution is -2.36. The van der Waals surface area contributed by atoms with Crippen LogP contribution in [0.1, 0.15) is 6.42 Å². The SMILES string of the molecule is CN1CCCN(CC2CN(S(C)(=O)=O)CC2CO)CC1. The Morgan fingerprint density at radius 1 is 1.10 bits per heavy atom. The highest BCUT2D eigenvalue weighted by Gasteiger charge is 2.37. The summed E-state index contributed by atoms with van der Waals surface area (Å²) in [6.07, 6.45) is 2.41. The van der Waals surface area contributed by atoms with Crippen LogP contribution in [0.25, 0.3) is 0 Å². The van der Waals surface area contributed by atoms with Gasteiger partial charge in [-0.25, -0.2) is 12.7 Å². The van der Waals surface area contributed by atoms with Crippen molar-refractivity contribution in [2.45, 2.75) is 6.42 Å². The fraction of sp³-hybridized carbons (Fsp3) is 1.00. The van der Waals surface area contributed by atoms with E-state index in [1.54, 1.807) is 0 Å². The molecule has 2 rings (SSSR count). The molecule has 0 aromatic heterocycles. The second kappa shape index (κ2) is 6.70. The van der Waals surface area contributed by atoms with Gasteiger partial charge in [0.05, 0.1) is 6.26 Å². The predicted octanol–water partition coefficient (Wildman–Crippen LogP) is -0.876. The zero-order chi connectivity index (χ0) is 14.8. The lowest BCUT2D eigenvalue weighted by molar-refractivity contribution is 0.165. The Hall–Kier alpha value is -0.210. The van der Waals surface area contributed by atoms with Gasteiger partial charge in [0.2, 0.25) is 10.0 Å². The first-order chi connectivity index (χ1) is 9.40. The van der Waals surface area contributed by atoms with Crippen molar-refractivity contribution in [2.24, 2.45) is 11.8 Å². The lowest BCUT2D eigenvalue weighted by atomic mass is 9.96. The van der Waals surface area contributed by atoms with Crippen molar-refractivity contribution in [1.29, 1.82) is 0 Å². The first-order valence-corrected chi connectivity index (χ1v) is 9.22. The average Bonchev–Trinajstić information content (AvgIpc) is 2.67. The molecule has 2 unspecified atom stereocenters. The third kappa shape index (κ3) is 4.14. The van der Waals surface area contributed by atoms with E-state index in [0.717, 1.165) is 39.1 Å². The van der Waals surface area contributed by atoms with Crippen LogP contribution in [0.5, 0.6) is 0 Å². The molecule has 6 nitrogen and oxygen atoms in total. The van der Waals surface area contributed by atoms with Crippen molar-refractivity contribution in [3.63, 3.8) is 0 Å². The zero-order valence-electron chi connectivity index (χ0n) is 12.5. The predicted molar refractivity (Wildman–Crippen MR) is 79.0 cm³/mol. The fourth-order valence-corrected chi connectivity index (χ4v) is 4.12. The summed E-state index contributed by atoms with van der Waals surface area (Å²) < 4.78 is 24.8. The Morgan fingerprint density at radius 2 is 1.80 bits per heavy atom. The Bertz CT molecular complexity index is 415. The highest BCUT2D eigenvalue weighted by molar-refractivity contribution is 7.88. The maximum atomic E-state index is 11.7. The van der Waals surface area contributed by atoms with Crippen LogP contribution in [0.3, 0.4) is 0 Å². The lowest BCUT2D eigenvalue weighted by Gasteiger charge is -2.26. The second-order valence-electron chi connectivity index (χ2n) is 6.24. The monoisotopic (exact) mass is 305 g/mol. The molecule has 2 aliphatic heterocycles. The summed E-state index contributed by atoms with van der Waals surface area (Å²) in [5.74, 6) is 0.323. The Morgan fingerprint density at radius 3 is 2.45 bits per heavy atom. The quantitative estimate of drug-likeness (QED) is 0.731. The van der Waals surface area contributed by atoms with Gasteiger partial charge in [-0.2, -0.15) is 0 Å². The van der Waals surface area contributed by atoms with E-state index < -0.39 is 10.0 Å². The van der Waals surface area contributed by atoms with Gasteiger partial charge in [0.15, 0.2) is 0 Å². The first-order valence-electron chi connectivity index (χ1n) is 7.37. The molecule has 0 radical (unpaired) electrons. The number of sulfonamides is 1. The van der Waals surface area contributed by atoms with E-state index in [1.165, 1.54) is 10.6 Å². The summed E-state index contributed by atoms with van der Waals surface area (Å²) in [4.78, 5) is 4.75. The molecule has 7 heteroatoms. The number of hydrogen-bond donors (Lipinski definition) is 1. The largest absolute Gasteiger partial charge is 0.396 e. The third-order valence-electron chi connectivity index (χ3n) is 4.55. The molecule has 20 heavy (non-hydrogen) atoms. The number of aliphatic hydroxyl groups is 1. The summed E-state index contributed by atoms with van der Waals surface area (Å²) in [5, 5.41) is 9.50.